The summed E-state index contributed by atoms with van der Waals surface area (Å²) in [6.07, 6.45) is 2.16. The number of benzene rings is 5. The molecule has 0 fully saturated rings. The zero-order valence-electron chi connectivity index (χ0n) is 25.7. The van der Waals surface area contributed by atoms with E-state index in [9.17, 15) is 42.7 Å². The summed E-state index contributed by atoms with van der Waals surface area (Å²) in [4.78, 5) is 41.6. The van der Waals surface area contributed by atoms with E-state index in [1.54, 1.807) is 26.1 Å². The third kappa shape index (κ3) is 4.43. The van der Waals surface area contributed by atoms with Gasteiger partial charge in [0.25, 0.3) is 10.1 Å². The molecule has 46 heavy (non-hydrogen) atoms. The Kier molecular flexibility index (Phi) is 7.67. The minimum Gasteiger partial charge on any atom is -0.507 e. The van der Waals surface area contributed by atoms with Gasteiger partial charge in [-0.1, -0.05) is 11.6 Å². The molecule has 0 saturated carbocycles. The maximum absolute atomic E-state index is 14.3. The smallest absolute Gasteiger partial charge is 0.264 e. The molecule has 0 aromatic heterocycles. The molecule has 5 N–H and O–H groups in total. The minimum absolute atomic E-state index is 0.0421. The van der Waals surface area contributed by atoms with Crippen molar-refractivity contribution >= 4 is 70.8 Å². The Hall–Kier alpha value is -4.36. The predicted octanol–water partition coefficient (Wildman–Crippen LogP) is 3.94. The molecule has 0 aliphatic heterocycles. The van der Waals surface area contributed by atoms with Gasteiger partial charge in [0.2, 0.25) is 5.43 Å². The number of carbonyl (C=O) groups is 1. The molecular weight excluding hydrogens is 614 g/mol. The number of aliphatic hydroxyl groups is 2. The van der Waals surface area contributed by atoms with Crippen LogP contribution in [0.5, 0.6) is 11.5 Å². The van der Waals surface area contributed by atoms with Crippen molar-refractivity contribution in [2.45, 2.75) is 52.2 Å². The Bertz CT molecular complexity index is 2380. The molecule has 0 bridgehead atoms. The quantitative estimate of drug-likeness (QED) is 0.0640. The third-order valence-corrected chi connectivity index (χ3v) is 10.1. The van der Waals surface area contributed by atoms with E-state index in [1.165, 1.54) is 20.1 Å². The van der Waals surface area contributed by atoms with E-state index in [4.69, 9.17) is 4.74 Å². The first-order valence-electron chi connectivity index (χ1n) is 14.8. The van der Waals surface area contributed by atoms with Gasteiger partial charge < -0.3 is 25.4 Å². The number of allylic oxidation sites excluding steroid dienone is 1. The van der Waals surface area contributed by atoms with Crippen molar-refractivity contribution < 1.29 is 37.8 Å². The lowest BCUT2D eigenvalue weighted by Gasteiger charge is -2.25. The lowest BCUT2D eigenvalue weighted by atomic mass is 9.78. The molecule has 0 saturated heterocycles. The molecule has 0 heterocycles. The zero-order valence-corrected chi connectivity index (χ0v) is 26.5. The van der Waals surface area contributed by atoms with Crippen molar-refractivity contribution in [3.05, 3.63) is 66.0 Å². The Morgan fingerprint density at radius 3 is 2.13 bits per heavy atom. The summed E-state index contributed by atoms with van der Waals surface area (Å²) in [5.74, 6) is -2.09. The highest BCUT2D eigenvalue weighted by atomic mass is 32.2. The number of unbranched alkanes of at least 4 members (excludes halogenated alkanes) is 1. The summed E-state index contributed by atoms with van der Waals surface area (Å²) in [6, 6.07) is 2.86. The number of ketones is 1. The topological polar surface area (TPSA) is 188 Å². The second-order valence-corrected chi connectivity index (χ2v) is 13.4. The van der Waals surface area contributed by atoms with Gasteiger partial charge in [-0.05, 0) is 83.5 Å². The molecular formula is C34H33NO10S. The first kappa shape index (κ1) is 31.6. The van der Waals surface area contributed by atoms with Gasteiger partial charge in [-0.3, -0.25) is 18.9 Å². The van der Waals surface area contributed by atoms with E-state index in [-0.39, 0.29) is 52.9 Å². The first-order chi connectivity index (χ1) is 21.8. The van der Waals surface area contributed by atoms with Crippen LogP contribution in [0.1, 0.15) is 60.4 Å². The molecule has 5 aromatic rings. The van der Waals surface area contributed by atoms with Crippen LogP contribution in [0, 0.1) is 0 Å². The average molecular weight is 648 g/mol. The maximum atomic E-state index is 14.3. The van der Waals surface area contributed by atoms with Gasteiger partial charge in [-0.15, -0.1) is 0 Å². The van der Waals surface area contributed by atoms with Crippen molar-refractivity contribution in [2.24, 2.45) is 0 Å². The molecule has 1 atom stereocenters. The van der Waals surface area contributed by atoms with Crippen LogP contribution in [0.4, 0.5) is 5.69 Å². The summed E-state index contributed by atoms with van der Waals surface area (Å²) in [6.45, 7) is 2.12. The Balaban J connectivity index is 2.00. The molecule has 11 nitrogen and oxygen atoms in total. The molecule has 0 amide bonds. The fourth-order valence-electron chi connectivity index (χ4n) is 7.55. The van der Waals surface area contributed by atoms with Gasteiger partial charge in [0.15, 0.2) is 11.2 Å². The number of methoxy groups -OCH3 is 1. The monoisotopic (exact) mass is 647 g/mol. The number of aliphatic hydroxyl groups excluding tert-OH is 2. The van der Waals surface area contributed by atoms with E-state index in [0.29, 0.717) is 65.8 Å². The number of phenols is 1. The number of ether oxygens (including phenoxy) is 1. The lowest BCUT2D eigenvalue weighted by Crippen LogP contribution is -2.18. The fraction of sp³-hybridized carbons (Fsp3) is 0.324. The standard InChI is InChI=1S/C34H33NO10S/c1-14-9-19-18(7-5-6-8-46(42,43)44)32(40)27-21(39)11-17(13-37)24-23-16(12-36)10-20(35-3)26-29(23)30(25(19)28(24)27)31(22(14)15(2)38)34(45-4)33(26)41/h9-11,22,35-37,40H,5-8,12-13H2,1-4H3,(H,42,43,44). The van der Waals surface area contributed by atoms with Crippen LogP contribution in [-0.2, 0) is 34.5 Å². The van der Waals surface area contributed by atoms with E-state index in [1.807, 2.05) is 0 Å². The number of nitrogens with one attached hydrogen (secondary N) is 1. The minimum atomic E-state index is -4.23. The van der Waals surface area contributed by atoms with E-state index in [0.717, 1.165) is 0 Å². The number of hydrogen-bond acceptors (Lipinski definition) is 10. The summed E-state index contributed by atoms with van der Waals surface area (Å²) in [7, 11) is -1.25. The van der Waals surface area contributed by atoms with Crippen molar-refractivity contribution in [1.82, 2.24) is 0 Å². The average Bonchev–Trinajstić information content (AvgIpc) is 3.13. The number of fused-ring (bicyclic) bond motifs is 1. The van der Waals surface area contributed by atoms with Crippen LogP contribution in [-0.4, -0.2) is 54.0 Å². The van der Waals surface area contributed by atoms with E-state index in [2.05, 4.69) is 5.32 Å². The molecule has 1 aliphatic carbocycles. The Morgan fingerprint density at radius 1 is 0.935 bits per heavy atom. The van der Waals surface area contributed by atoms with Gasteiger partial charge in [0.1, 0.15) is 11.5 Å². The zero-order chi connectivity index (χ0) is 33.4. The summed E-state index contributed by atoms with van der Waals surface area (Å²) in [5.41, 5.74) is 1.63. The predicted molar refractivity (Wildman–Crippen MR) is 177 cm³/mol. The highest BCUT2D eigenvalue weighted by Crippen LogP contribution is 2.54. The second-order valence-electron chi connectivity index (χ2n) is 11.9. The van der Waals surface area contributed by atoms with Crippen LogP contribution < -0.4 is 20.9 Å². The van der Waals surface area contributed by atoms with Gasteiger partial charge in [0, 0.05) is 34.6 Å². The molecule has 12 heteroatoms. The number of phenolic OH excluding ortho intramolecular Hbond substituents is 1. The van der Waals surface area contributed by atoms with E-state index >= 15 is 0 Å². The van der Waals surface area contributed by atoms with Gasteiger partial charge in [-0.25, -0.2) is 0 Å². The Labute approximate surface area is 263 Å². The number of Topliss-reactive ketones (excluding diaryl/α,β-unsaturated/α-hetero) is 1. The molecule has 0 radical (unpaired) electrons. The number of anilines is 1. The number of carbonyl (C=O) groups excluding carboxylic acids is 1. The van der Waals surface area contributed by atoms with Gasteiger partial charge in [0.05, 0.1) is 42.8 Å². The second kappa shape index (κ2) is 11.2. The number of rotatable bonds is 10. The normalized spacial score (nSPS) is 14.9. The largest absolute Gasteiger partial charge is 0.507 e. The highest BCUT2D eigenvalue weighted by molar-refractivity contribution is 7.85. The first-order valence-corrected chi connectivity index (χ1v) is 16.4. The fourth-order valence-corrected chi connectivity index (χ4v) is 8.11. The maximum Gasteiger partial charge on any atom is 0.264 e. The van der Waals surface area contributed by atoms with Crippen LogP contribution in [0.2, 0.25) is 0 Å². The summed E-state index contributed by atoms with van der Waals surface area (Å²) in [5, 5.41) is 38.7. The molecule has 1 aliphatic rings. The van der Waals surface area contributed by atoms with Gasteiger partial charge >= 0.3 is 0 Å². The molecule has 6 rings (SSSR count). The number of aromatic hydroxyl groups is 1. The molecule has 1 unspecified atom stereocenters. The van der Waals surface area contributed by atoms with Crippen LogP contribution in [0.3, 0.4) is 0 Å². The lowest BCUT2D eigenvalue weighted by molar-refractivity contribution is -0.117. The van der Waals surface area contributed by atoms with Crippen molar-refractivity contribution in [1.29, 1.82) is 0 Å². The van der Waals surface area contributed by atoms with Crippen molar-refractivity contribution in [3.8, 4) is 11.5 Å². The van der Waals surface area contributed by atoms with E-state index < -0.39 is 45.9 Å². The molecule has 5 aromatic carbocycles. The highest BCUT2D eigenvalue weighted by Gasteiger charge is 2.36. The van der Waals surface area contributed by atoms with Crippen molar-refractivity contribution in [2.75, 3.05) is 25.2 Å². The van der Waals surface area contributed by atoms with Crippen molar-refractivity contribution in [3.63, 3.8) is 0 Å². The summed E-state index contributed by atoms with van der Waals surface area (Å²) >= 11 is 0. The SMILES string of the molecule is CNc1cc(CO)c2c3c(CO)cc(=O)c4c(O)c(CCCCS(=O)(=O)O)c5c(c6c(c(OC)c(=O)c1c26)C(C(C)=O)C(C)=C5)c43. The number of hydrogen-bond donors (Lipinski definition) is 5. The van der Waals surface area contributed by atoms with Crippen LogP contribution in [0.15, 0.2) is 27.3 Å². The molecule has 240 valence electrons. The Morgan fingerprint density at radius 2 is 1.57 bits per heavy atom. The molecule has 0 spiro atoms. The summed E-state index contributed by atoms with van der Waals surface area (Å²) < 4.78 is 37.9. The van der Waals surface area contributed by atoms with Gasteiger partial charge in [-0.2, -0.15) is 8.42 Å². The third-order valence-electron chi connectivity index (χ3n) is 9.26. The van der Waals surface area contributed by atoms with Crippen LogP contribution in [0.25, 0.3) is 49.2 Å². The van der Waals surface area contributed by atoms with Crippen LogP contribution >= 0.6 is 0 Å².